The van der Waals surface area contributed by atoms with Gasteiger partial charge in [0.25, 0.3) is 0 Å². The zero-order valence-corrected chi connectivity index (χ0v) is 10.3. The summed E-state index contributed by atoms with van der Waals surface area (Å²) in [4.78, 5) is 10.5. The third kappa shape index (κ3) is 4.07. The van der Waals surface area contributed by atoms with E-state index in [0.29, 0.717) is 24.6 Å². The van der Waals surface area contributed by atoms with Crippen molar-refractivity contribution in [2.24, 2.45) is 5.73 Å². The van der Waals surface area contributed by atoms with Crippen LogP contribution in [0.15, 0.2) is 18.2 Å². The second-order valence-corrected chi connectivity index (χ2v) is 4.24. The molecule has 0 aliphatic heterocycles. The maximum atomic E-state index is 10.5. The monoisotopic (exact) mass is 237 g/mol. The smallest absolute Gasteiger partial charge is 0.341 e. The first kappa shape index (κ1) is 13.5. The van der Waals surface area contributed by atoms with Gasteiger partial charge in [-0.2, -0.15) is 0 Å². The van der Waals surface area contributed by atoms with E-state index in [1.54, 1.807) is 0 Å². The molecule has 94 valence electrons. The molecule has 0 fully saturated rings. The van der Waals surface area contributed by atoms with Gasteiger partial charge in [-0.3, -0.25) is 0 Å². The van der Waals surface area contributed by atoms with Gasteiger partial charge < -0.3 is 15.6 Å². The van der Waals surface area contributed by atoms with Crippen molar-refractivity contribution in [2.45, 2.75) is 26.2 Å². The summed E-state index contributed by atoms with van der Waals surface area (Å²) < 4.78 is 5.29. The van der Waals surface area contributed by atoms with Crippen LogP contribution >= 0.6 is 0 Å². The number of hydrogen-bond acceptors (Lipinski definition) is 3. The maximum Gasteiger partial charge on any atom is 0.341 e. The Morgan fingerprint density at radius 2 is 2.18 bits per heavy atom. The van der Waals surface area contributed by atoms with Gasteiger partial charge in [0.15, 0.2) is 6.61 Å². The second kappa shape index (κ2) is 6.25. The second-order valence-electron chi connectivity index (χ2n) is 4.24. The predicted molar refractivity (Wildman–Crippen MR) is 66.4 cm³/mol. The van der Waals surface area contributed by atoms with Gasteiger partial charge >= 0.3 is 5.97 Å². The molecule has 0 amide bonds. The molecule has 0 saturated carbocycles. The van der Waals surface area contributed by atoms with Crippen molar-refractivity contribution in [3.8, 4) is 5.75 Å². The number of benzene rings is 1. The van der Waals surface area contributed by atoms with Crippen LogP contribution in [-0.2, 0) is 11.2 Å². The van der Waals surface area contributed by atoms with Crippen LogP contribution in [-0.4, -0.2) is 24.2 Å². The highest BCUT2D eigenvalue weighted by atomic mass is 16.5. The summed E-state index contributed by atoms with van der Waals surface area (Å²) in [7, 11) is 0. The molecule has 0 saturated heterocycles. The lowest BCUT2D eigenvalue weighted by molar-refractivity contribution is -0.139. The third-order valence-corrected chi connectivity index (χ3v) is 2.52. The molecule has 0 aliphatic carbocycles. The van der Waals surface area contributed by atoms with Gasteiger partial charge in [0.05, 0.1) is 0 Å². The van der Waals surface area contributed by atoms with Gasteiger partial charge in [-0.25, -0.2) is 4.79 Å². The minimum Gasteiger partial charge on any atom is -0.482 e. The van der Waals surface area contributed by atoms with Gasteiger partial charge in [0, 0.05) is 0 Å². The largest absolute Gasteiger partial charge is 0.482 e. The summed E-state index contributed by atoms with van der Waals surface area (Å²) >= 11 is 0. The van der Waals surface area contributed by atoms with Crippen molar-refractivity contribution in [2.75, 3.05) is 13.2 Å². The van der Waals surface area contributed by atoms with Gasteiger partial charge in [-0.05, 0) is 36.1 Å². The Kier molecular flexibility index (Phi) is 4.97. The molecule has 0 radical (unpaired) electrons. The number of nitrogens with two attached hydrogens (primary N) is 1. The van der Waals surface area contributed by atoms with E-state index in [1.165, 1.54) is 0 Å². The fourth-order valence-electron chi connectivity index (χ4n) is 1.57. The van der Waals surface area contributed by atoms with Crippen molar-refractivity contribution < 1.29 is 14.6 Å². The lowest BCUT2D eigenvalue weighted by Crippen LogP contribution is -2.12. The van der Waals surface area contributed by atoms with Gasteiger partial charge in [0.1, 0.15) is 5.75 Å². The van der Waals surface area contributed by atoms with Gasteiger partial charge in [-0.1, -0.05) is 26.0 Å². The molecule has 1 aromatic rings. The van der Waals surface area contributed by atoms with Crippen LogP contribution in [0.3, 0.4) is 0 Å². The number of aliphatic carboxylic acids is 1. The Labute approximate surface area is 101 Å². The molecule has 0 unspecified atom stereocenters. The Bertz CT molecular complexity index is 388. The number of rotatable bonds is 6. The van der Waals surface area contributed by atoms with Crippen LogP contribution < -0.4 is 10.5 Å². The average Bonchev–Trinajstić information content (AvgIpc) is 2.27. The minimum atomic E-state index is -0.973. The molecular weight excluding hydrogens is 218 g/mol. The van der Waals surface area contributed by atoms with Crippen LogP contribution in [0.25, 0.3) is 0 Å². The predicted octanol–water partition coefficient (Wildman–Crippen LogP) is 1.77. The molecule has 3 N–H and O–H groups in total. The molecule has 0 spiro atoms. The summed E-state index contributed by atoms with van der Waals surface area (Å²) in [6.45, 7) is 4.36. The number of carboxylic acid groups (broad SMARTS) is 1. The first-order chi connectivity index (χ1) is 8.04. The van der Waals surface area contributed by atoms with Gasteiger partial charge in [-0.15, -0.1) is 0 Å². The Morgan fingerprint density at radius 1 is 1.47 bits per heavy atom. The fraction of sp³-hybridized carbons (Fsp3) is 0.462. The van der Waals surface area contributed by atoms with E-state index in [0.717, 1.165) is 11.1 Å². The molecule has 0 bridgehead atoms. The highest BCUT2D eigenvalue weighted by Crippen LogP contribution is 2.25. The standard InChI is InChI=1S/C13H19NO3/c1-9(2)11-4-3-10(5-6-14)12(7-11)17-8-13(15)16/h3-4,7,9H,5-6,8,14H2,1-2H3,(H,15,16). The SMILES string of the molecule is CC(C)c1ccc(CCN)c(OCC(=O)O)c1. The quantitative estimate of drug-likeness (QED) is 0.791. The van der Waals surface area contributed by atoms with Gasteiger partial charge in [0.2, 0.25) is 0 Å². The lowest BCUT2D eigenvalue weighted by Gasteiger charge is -2.13. The van der Waals surface area contributed by atoms with E-state index in [1.807, 2.05) is 18.2 Å². The van der Waals surface area contributed by atoms with E-state index in [-0.39, 0.29) is 6.61 Å². The molecule has 4 nitrogen and oxygen atoms in total. The maximum absolute atomic E-state index is 10.5. The summed E-state index contributed by atoms with van der Waals surface area (Å²) in [6.07, 6.45) is 0.688. The van der Waals surface area contributed by atoms with Crippen LogP contribution in [0.4, 0.5) is 0 Å². The highest BCUT2D eigenvalue weighted by molar-refractivity contribution is 5.68. The molecule has 0 heterocycles. The highest BCUT2D eigenvalue weighted by Gasteiger charge is 2.08. The van der Waals surface area contributed by atoms with Crippen molar-refractivity contribution in [1.82, 2.24) is 0 Å². The van der Waals surface area contributed by atoms with E-state index in [4.69, 9.17) is 15.6 Å². The zero-order valence-electron chi connectivity index (χ0n) is 10.3. The summed E-state index contributed by atoms with van der Waals surface area (Å²) in [6, 6.07) is 5.89. The Morgan fingerprint density at radius 3 is 2.71 bits per heavy atom. The topological polar surface area (TPSA) is 72.5 Å². The number of hydrogen-bond donors (Lipinski definition) is 2. The summed E-state index contributed by atoms with van der Waals surface area (Å²) in [5.74, 6) is 0.0387. The lowest BCUT2D eigenvalue weighted by atomic mass is 10.00. The molecule has 4 heteroatoms. The summed E-state index contributed by atoms with van der Waals surface area (Å²) in [5, 5.41) is 8.62. The molecule has 0 aliphatic rings. The van der Waals surface area contributed by atoms with Crippen molar-refractivity contribution in [3.05, 3.63) is 29.3 Å². The first-order valence-corrected chi connectivity index (χ1v) is 5.72. The van der Waals surface area contributed by atoms with Crippen molar-refractivity contribution in [1.29, 1.82) is 0 Å². The fourth-order valence-corrected chi connectivity index (χ4v) is 1.57. The number of ether oxygens (including phenoxy) is 1. The normalized spacial score (nSPS) is 10.6. The number of carbonyl (C=O) groups is 1. The van der Waals surface area contributed by atoms with E-state index in [2.05, 4.69) is 13.8 Å². The summed E-state index contributed by atoms with van der Waals surface area (Å²) in [5.41, 5.74) is 7.60. The molecule has 1 aromatic carbocycles. The zero-order chi connectivity index (χ0) is 12.8. The van der Waals surface area contributed by atoms with Crippen LogP contribution in [0.5, 0.6) is 5.75 Å². The van der Waals surface area contributed by atoms with E-state index in [9.17, 15) is 4.79 Å². The van der Waals surface area contributed by atoms with E-state index < -0.39 is 5.97 Å². The van der Waals surface area contributed by atoms with Crippen molar-refractivity contribution >= 4 is 5.97 Å². The molecular formula is C13H19NO3. The molecule has 17 heavy (non-hydrogen) atoms. The Hall–Kier alpha value is -1.55. The minimum absolute atomic E-state index is 0.320. The van der Waals surface area contributed by atoms with Crippen LogP contribution in [0.1, 0.15) is 30.9 Å². The Balaban J connectivity index is 2.93. The first-order valence-electron chi connectivity index (χ1n) is 5.72. The number of carboxylic acids is 1. The molecule has 1 rings (SSSR count). The van der Waals surface area contributed by atoms with Crippen LogP contribution in [0.2, 0.25) is 0 Å². The van der Waals surface area contributed by atoms with Crippen molar-refractivity contribution in [3.63, 3.8) is 0 Å². The van der Waals surface area contributed by atoms with E-state index >= 15 is 0 Å². The third-order valence-electron chi connectivity index (χ3n) is 2.52. The average molecular weight is 237 g/mol. The molecule has 0 aromatic heterocycles. The molecule has 0 atom stereocenters. The van der Waals surface area contributed by atoms with Crippen LogP contribution in [0, 0.1) is 0 Å².